The van der Waals surface area contributed by atoms with Gasteiger partial charge in [0, 0.05) is 26.2 Å². The molecule has 0 aliphatic carbocycles. The number of nitrogens with one attached hydrogen (secondary N) is 1. The first-order valence-electron chi connectivity index (χ1n) is 13.8. The predicted molar refractivity (Wildman–Crippen MR) is 168 cm³/mol. The fraction of sp³-hybridized carbons (Fsp3) is 0.571. The Morgan fingerprint density at radius 3 is 1.73 bits per heavy atom. The Balaban J connectivity index is 2.01. The fourth-order valence-electron chi connectivity index (χ4n) is 4.85. The zero-order valence-electron chi connectivity index (χ0n) is 24.9. The Morgan fingerprint density at radius 1 is 0.649 bits per heavy atom. The number of nitrogens with zero attached hydrogens (tertiary/aromatic N) is 1. The molecule has 5 nitrogen and oxygen atoms in total. The van der Waals surface area contributed by atoms with Crippen molar-refractivity contribution in [3.63, 3.8) is 0 Å². The van der Waals surface area contributed by atoms with Crippen LogP contribution in [-0.4, -0.2) is 58.3 Å². The summed E-state index contributed by atoms with van der Waals surface area (Å²) in [4.78, 5) is 2.57. The second-order valence-electron chi connectivity index (χ2n) is 12.6. The topological polar surface area (TPSA) is 43.0 Å². The van der Waals surface area contributed by atoms with Crippen molar-refractivity contribution in [1.29, 1.82) is 0 Å². The minimum atomic E-state index is -2.38. The summed E-state index contributed by atoms with van der Waals surface area (Å²) in [5.41, 5.74) is 2.68. The molecule has 9 heteroatoms. The van der Waals surface area contributed by atoms with Gasteiger partial charge in [0.15, 0.2) is 16.6 Å². The summed E-state index contributed by atoms with van der Waals surface area (Å²) in [7, 11) is -8.10. The Labute approximate surface area is 231 Å². The van der Waals surface area contributed by atoms with Crippen molar-refractivity contribution in [2.24, 2.45) is 0 Å². The van der Waals surface area contributed by atoms with Gasteiger partial charge in [-0.05, 0) is 89.1 Å². The van der Waals surface area contributed by atoms with E-state index in [4.69, 9.17) is 12.3 Å². The lowest BCUT2D eigenvalue weighted by molar-refractivity contribution is 0.259. The van der Waals surface area contributed by atoms with E-state index in [0.717, 1.165) is 45.2 Å². The lowest BCUT2D eigenvalue weighted by Gasteiger charge is -2.41. The zero-order chi connectivity index (χ0) is 27.6. The largest absolute Gasteiger partial charge is 0.437 e. The highest BCUT2D eigenvalue weighted by molar-refractivity contribution is 6.89. The van der Waals surface area contributed by atoms with Crippen LogP contribution in [0.5, 0.6) is 0 Å². The van der Waals surface area contributed by atoms with Crippen molar-refractivity contribution < 1.29 is 12.3 Å². The van der Waals surface area contributed by atoms with Crippen LogP contribution in [0.25, 0.3) is 0 Å². The molecule has 0 aliphatic rings. The third-order valence-corrected chi connectivity index (χ3v) is 19.2. The Hall–Kier alpha value is -0.892. The van der Waals surface area contributed by atoms with E-state index in [2.05, 4.69) is 130 Å². The summed E-state index contributed by atoms with van der Waals surface area (Å²) < 4.78 is 20.3. The normalized spacial score (nSPS) is 14.6. The van der Waals surface area contributed by atoms with Gasteiger partial charge in [-0.25, -0.2) is 0 Å². The van der Waals surface area contributed by atoms with Crippen molar-refractivity contribution in [3.8, 4) is 0 Å². The molecule has 0 spiro atoms. The van der Waals surface area contributed by atoms with Crippen LogP contribution in [0.4, 0.5) is 0 Å². The van der Waals surface area contributed by atoms with Crippen LogP contribution in [0.2, 0.25) is 65.0 Å². The third-order valence-electron chi connectivity index (χ3n) is 5.67. The molecule has 0 aromatic heterocycles. The molecule has 0 fully saturated rings. The highest BCUT2D eigenvalue weighted by Crippen LogP contribution is 2.28. The Morgan fingerprint density at radius 2 is 1.19 bits per heavy atom. The van der Waals surface area contributed by atoms with Gasteiger partial charge in [0.2, 0.25) is 0 Å². The molecule has 0 bridgehead atoms. The molecule has 0 heterocycles. The maximum absolute atomic E-state index is 6.90. The van der Waals surface area contributed by atoms with E-state index in [1.165, 1.54) is 11.1 Å². The quantitative estimate of drug-likeness (QED) is 0.160. The van der Waals surface area contributed by atoms with Gasteiger partial charge < -0.3 is 17.7 Å². The van der Waals surface area contributed by atoms with E-state index in [-0.39, 0.29) is 0 Å². The van der Waals surface area contributed by atoms with Crippen LogP contribution in [-0.2, 0) is 25.4 Å². The molecule has 37 heavy (non-hydrogen) atoms. The van der Waals surface area contributed by atoms with Crippen LogP contribution in [0.1, 0.15) is 17.5 Å². The average molecular weight is 577 g/mol. The fourth-order valence-corrected chi connectivity index (χ4v) is 22.8. The molecular weight excluding hydrogens is 525 g/mol. The van der Waals surface area contributed by atoms with Crippen molar-refractivity contribution >= 4 is 33.8 Å². The first-order valence-corrected chi connectivity index (χ1v) is 25.9. The van der Waals surface area contributed by atoms with E-state index in [1.54, 1.807) is 0 Å². The van der Waals surface area contributed by atoms with Crippen LogP contribution < -0.4 is 5.32 Å². The second-order valence-corrected chi connectivity index (χ2v) is 29.1. The van der Waals surface area contributed by atoms with Gasteiger partial charge in [-0.2, -0.15) is 0 Å². The molecule has 2 aromatic carbocycles. The molecule has 208 valence electrons. The molecule has 0 saturated heterocycles. The summed E-state index contributed by atoms with van der Waals surface area (Å²) in [5, 5.41) is 3.62. The van der Waals surface area contributed by atoms with E-state index >= 15 is 0 Å². The molecule has 0 saturated carbocycles. The lowest BCUT2D eigenvalue weighted by atomic mass is 10.2. The van der Waals surface area contributed by atoms with Gasteiger partial charge in [-0.3, -0.25) is 4.90 Å². The summed E-state index contributed by atoms with van der Waals surface area (Å²) in [6, 6.07) is 22.4. The summed E-state index contributed by atoms with van der Waals surface area (Å²) in [6.45, 7) is 25.1. The van der Waals surface area contributed by atoms with Crippen molar-refractivity contribution in [3.05, 3.63) is 71.8 Å². The molecule has 1 unspecified atom stereocenters. The maximum atomic E-state index is 6.90. The number of benzene rings is 2. The molecule has 1 N–H and O–H groups in total. The minimum absolute atomic E-state index is 0.902. The minimum Gasteiger partial charge on any atom is -0.437 e. The highest BCUT2D eigenvalue weighted by Gasteiger charge is 2.44. The Kier molecular flexibility index (Phi) is 12.6. The Bertz CT molecular complexity index is 905. The lowest BCUT2D eigenvalue weighted by Crippen LogP contribution is -2.57. The zero-order valence-corrected chi connectivity index (χ0v) is 28.9. The average Bonchev–Trinajstić information content (AvgIpc) is 2.74. The van der Waals surface area contributed by atoms with E-state index in [1.807, 2.05) is 0 Å². The van der Waals surface area contributed by atoms with E-state index < -0.39 is 33.8 Å². The summed E-state index contributed by atoms with van der Waals surface area (Å²) in [5.74, 6) is 0. The van der Waals surface area contributed by atoms with Crippen molar-refractivity contribution in [2.45, 2.75) is 84.5 Å². The van der Waals surface area contributed by atoms with Crippen molar-refractivity contribution in [1.82, 2.24) is 10.2 Å². The summed E-state index contributed by atoms with van der Waals surface area (Å²) >= 11 is 0. The molecule has 1 atom stereocenters. The molecule has 2 aromatic rings. The monoisotopic (exact) mass is 576 g/mol. The number of rotatable bonds is 17. The highest BCUT2D eigenvalue weighted by atomic mass is 28.5. The maximum Gasteiger partial charge on any atom is 0.315 e. The third kappa shape index (κ3) is 14.7. The van der Waals surface area contributed by atoms with Crippen LogP contribution in [0, 0.1) is 0 Å². The molecular formula is C28H52N2O3Si4. The first kappa shape index (κ1) is 32.3. The standard InChI is InChI=1S/C28H52N2O3Si4/c1-34(2,3)31-36(7,8)33-37(9,32-35(4,5)6)24-16-22-30(26-28-19-14-11-15-20-28)23-21-29-25-27-17-12-10-13-18-27/h10-15,17-20,29H,16,21-26H2,1-9H3. The van der Waals surface area contributed by atoms with Crippen LogP contribution in [0.15, 0.2) is 60.7 Å². The van der Waals surface area contributed by atoms with Crippen molar-refractivity contribution in [2.75, 3.05) is 19.6 Å². The van der Waals surface area contributed by atoms with E-state index in [9.17, 15) is 0 Å². The molecule has 0 radical (unpaired) electrons. The SMILES string of the molecule is C[Si](C)(C)O[Si](C)(C)O[Si](C)(CCCN(CCNCc1ccccc1)Cc1ccccc1)O[Si](C)(C)C. The number of hydrogen-bond donors (Lipinski definition) is 1. The predicted octanol–water partition coefficient (Wildman–Crippen LogP) is 7.16. The summed E-state index contributed by atoms with van der Waals surface area (Å²) in [6.07, 6.45) is 1.07. The van der Waals surface area contributed by atoms with Gasteiger partial charge in [0.1, 0.15) is 0 Å². The van der Waals surface area contributed by atoms with E-state index in [0.29, 0.717) is 0 Å². The second kappa shape index (κ2) is 14.5. The van der Waals surface area contributed by atoms with Gasteiger partial charge in [0.25, 0.3) is 0 Å². The van der Waals surface area contributed by atoms with Gasteiger partial charge in [0.05, 0.1) is 0 Å². The van der Waals surface area contributed by atoms with Crippen LogP contribution in [0.3, 0.4) is 0 Å². The number of hydrogen-bond acceptors (Lipinski definition) is 5. The molecule has 0 amide bonds. The van der Waals surface area contributed by atoms with Gasteiger partial charge >= 0.3 is 17.1 Å². The first-order chi connectivity index (χ1) is 17.1. The smallest absolute Gasteiger partial charge is 0.315 e. The van der Waals surface area contributed by atoms with Crippen LogP contribution >= 0.6 is 0 Å². The van der Waals surface area contributed by atoms with Gasteiger partial charge in [-0.15, -0.1) is 0 Å². The molecule has 0 aliphatic heterocycles. The molecule has 2 rings (SSSR count). The van der Waals surface area contributed by atoms with Gasteiger partial charge in [-0.1, -0.05) is 60.7 Å².